The number of hydrogen-bond donors (Lipinski definition) is 1. The summed E-state index contributed by atoms with van der Waals surface area (Å²) in [5.41, 5.74) is -0.245. The first-order valence-corrected chi connectivity index (χ1v) is 8.71. The lowest BCUT2D eigenvalue weighted by Crippen LogP contribution is -2.32. The van der Waals surface area contributed by atoms with Crippen molar-refractivity contribution in [3.8, 4) is 5.75 Å². The van der Waals surface area contributed by atoms with Crippen LogP contribution in [0.15, 0.2) is 16.7 Å². The lowest BCUT2D eigenvalue weighted by molar-refractivity contribution is -0.141. The number of nitrogens with zero attached hydrogens (tertiary/aromatic N) is 1. The molecule has 25 heavy (non-hydrogen) atoms. The van der Waals surface area contributed by atoms with Gasteiger partial charge in [0.15, 0.2) is 11.3 Å². The summed E-state index contributed by atoms with van der Waals surface area (Å²) >= 11 is 0. The quantitative estimate of drug-likeness (QED) is 0.841. The van der Waals surface area contributed by atoms with Crippen molar-refractivity contribution in [1.29, 1.82) is 0 Å². The number of hydrogen-bond acceptors (Lipinski definition) is 4. The third-order valence-electron chi connectivity index (χ3n) is 4.82. The molecule has 1 N–H and O–H groups in total. The van der Waals surface area contributed by atoms with Crippen molar-refractivity contribution in [3.63, 3.8) is 0 Å². The van der Waals surface area contributed by atoms with Crippen LogP contribution in [0.4, 0.5) is 13.2 Å². The fourth-order valence-electron chi connectivity index (χ4n) is 3.54. The van der Waals surface area contributed by atoms with Gasteiger partial charge in [-0.1, -0.05) is 24.9 Å². The average molecular weight is 357 g/mol. The van der Waals surface area contributed by atoms with Crippen LogP contribution < -0.4 is 4.74 Å². The molecule has 0 aliphatic heterocycles. The van der Waals surface area contributed by atoms with Gasteiger partial charge in [-0.2, -0.15) is 13.2 Å². The van der Waals surface area contributed by atoms with Gasteiger partial charge in [0.2, 0.25) is 0 Å². The lowest BCUT2D eigenvalue weighted by Gasteiger charge is -2.31. The maximum Gasteiger partial charge on any atom is 0.437 e. The van der Waals surface area contributed by atoms with Crippen molar-refractivity contribution < 1.29 is 27.5 Å². The number of benzene rings is 1. The van der Waals surface area contributed by atoms with Gasteiger partial charge in [-0.05, 0) is 37.8 Å². The van der Waals surface area contributed by atoms with Crippen LogP contribution in [0.5, 0.6) is 5.75 Å². The number of aryl methyl sites for hydroxylation is 1. The molecule has 0 spiro atoms. The summed E-state index contributed by atoms with van der Waals surface area (Å²) < 4.78 is 50.3. The Hall–Kier alpha value is -1.76. The molecule has 0 radical (unpaired) electrons. The van der Waals surface area contributed by atoms with Crippen LogP contribution in [0, 0.1) is 5.92 Å². The third kappa shape index (κ3) is 3.61. The molecule has 138 valence electrons. The Labute approximate surface area is 143 Å². The number of aliphatic hydroxyl groups is 1. The predicted molar refractivity (Wildman–Crippen MR) is 86.5 cm³/mol. The highest BCUT2D eigenvalue weighted by Gasteiger charge is 2.38. The van der Waals surface area contributed by atoms with Crippen molar-refractivity contribution in [3.05, 3.63) is 23.4 Å². The highest BCUT2D eigenvalue weighted by Crippen LogP contribution is 2.39. The van der Waals surface area contributed by atoms with Crippen molar-refractivity contribution >= 4 is 11.0 Å². The van der Waals surface area contributed by atoms with Gasteiger partial charge in [0.25, 0.3) is 0 Å². The summed E-state index contributed by atoms with van der Waals surface area (Å²) in [6.45, 7) is 2.00. The van der Waals surface area contributed by atoms with Crippen LogP contribution in [-0.4, -0.2) is 23.0 Å². The van der Waals surface area contributed by atoms with E-state index >= 15 is 0 Å². The summed E-state index contributed by atoms with van der Waals surface area (Å²) in [7, 11) is 0. The highest BCUT2D eigenvalue weighted by molar-refractivity contribution is 5.85. The molecule has 1 aromatic carbocycles. The summed E-state index contributed by atoms with van der Waals surface area (Å²) in [6.07, 6.45) is 0.406. The molecular weight excluding hydrogens is 335 g/mol. The Morgan fingerprint density at radius 1 is 1.28 bits per heavy atom. The molecule has 0 saturated heterocycles. The van der Waals surface area contributed by atoms with Crippen LogP contribution in [0.25, 0.3) is 11.0 Å². The minimum Gasteiger partial charge on any atom is -0.490 e. The second-order valence-corrected chi connectivity index (χ2v) is 6.58. The van der Waals surface area contributed by atoms with Gasteiger partial charge in [0.05, 0.1) is 5.39 Å². The van der Waals surface area contributed by atoms with Crippen LogP contribution in [-0.2, 0) is 12.6 Å². The van der Waals surface area contributed by atoms with Crippen LogP contribution in [0.1, 0.15) is 50.3 Å². The van der Waals surface area contributed by atoms with Crippen LogP contribution in [0.2, 0.25) is 0 Å². The second-order valence-electron chi connectivity index (χ2n) is 6.58. The zero-order valence-electron chi connectivity index (χ0n) is 14.1. The summed E-state index contributed by atoms with van der Waals surface area (Å²) in [6, 6.07) is 2.93. The number of aliphatic hydroxyl groups excluding tert-OH is 1. The first kappa shape index (κ1) is 18.0. The molecule has 1 aliphatic carbocycles. The van der Waals surface area contributed by atoms with E-state index in [0.29, 0.717) is 17.7 Å². The number of ether oxygens (including phenoxy) is 1. The Balaban J connectivity index is 1.99. The zero-order chi connectivity index (χ0) is 18.0. The van der Waals surface area contributed by atoms with E-state index in [2.05, 4.69) is 5.16 Å². The largest absolute Gasteiger partial charge is 0.490 e. The van der Waals surface area contributed by atoms with E-state index < -0.39 is 11.9 Å². The lowest BCUT2D eigenvalue weighted by atomic mass is 9.87. The van der Waals surface area contributed by atoms with E-state index in [4.69, 9.17) is 9.26 Å². The SMILES string of the molecule is CCCc1c(OC2CCCCC2CO)ccc2c(C(F)(F)F)noc12. The smallest absolute Gasteiger partial charge is 0.437 e. The van der Waals surface area contributed by atoms with Gasteiger partial charge in [-0.3, -0.25) is 0 Å². The Morgan fingerprint density at radius 2 is 2.04 bits per heavy atom. The van der Waals surface area contributed by atoms with Crippen molar-refractivity contribution in [2.24, 2.45) is 5.92 Å². The molecule has 1 aliphatic rings. The van der Waals surface area contributed by atoms with Crippen molar-refractivity contribution in [2.75, 3.05) is 6.61 Å². The summed E-state index contributed by atoms with van der Waals surface area (Å²) in [5.74, 6) is 0.587. The average Bonchev–Trinajstić information content (AvgIpc) is 3.02. The Kier molecular flexibility index (Phi) is 5.22. The standard InChI is InChI=1S/C18H22F3NO3/c1-2-5-12-15(24-14-7-4-3-6-11(14)10-23)9-8-13-16(12)25-22-17(13)18(19,20)21/h8-9,11,14,23H,2-7,10H2,1H3. The molecule has 2 atom stereocenters. The first-order valence-electron chi connectivity index (χ1n) is 8.71. The summed E-state index contributed by atoms with van der Waals surface area (Å²) in [5, 5.41) is 12.7. The fraction of sp³-hybridized carbons (Fsp3) is 0.611. The minimum atomic E-state index is -4.55. The molecule has 2 unspecified atom stereocenters. The molecule has 7 heteroatoms. The molecule has 0 bridgehead atoms. The number of fused-ring (bicyclic) bond motifs is 1. The van der Waals surface area contributed by atoms with E-state index in [9.17, 15) is 18.3 Å². The molecule has 0 amide bonds. The van der Waals surface area contributed by atoms with E-state index in [0.717, 1.165) is 32.1 Å². The van der Waals surface area contributed by atoms with Crippen LogP contribution in [0.3, 0.4) is 0 Å². The fourth-order valence-corrected chi connectivity index (χ4v) is 3.54. The highest BCUT2D eigenvalue weighted by atomic mass is 19.4. The monoisotopic (exact) mass is 357 g/mol. The molecular formula is C18H22F3NO3. The van der Waals surface area contributed by atoms with E-state index in [1.807, 2.05) is 6.92 Å². The van der Waals surface area contributed by atoms with Gasteiger partial charge in [0.1, 0.15) is 11.9 Å². The van der Waals surface area contributed by atoms with E-state index in [-0.39, 0.29) is 29.6 Å². The number of aromatic nitrogens is 1. The zero-order valence-corrected chi connectivity index (χ0v) is 14.1. The van der Waals surface area contributed by atoms with Gasteiger partial charge in [0, 0.05) is 18.1 Å². The number of rotatable bonds is 5. The van der Waals surface area contributed by atoms with E-state index in [1.165, 1.54) is 6.07 Å². The molecule has 1 heterocycles. The Morgan fingerprint density at radius 3 is 2.72 bits per heavy atom. The molecule has 1 fully saturated rings. The summed E-state index contributed by atoms with van der Waals surface area (Å²) in [4.78, 5) is 0. The molecule has 3 rings (SSSR count). The normalized spacial score (nSPS) is 21.6. The maximum atomic E-state index is 13.1. The third-order valence-corrected chi connectivity index (χ3v) is 4.82. The van der Waals surface area contributed by atoms with Crippen molar-refractivity contribution in [1.82, 2.24) is 5.16 Å². The molecule has 1 saturated carbocycles. The van der Waals surface area contributed by atoms with Gasteiger partial charge < -0.3 is 14.4 Å². The van der Waals surface area contributed by atoms with Gasteiger partial charge >= 0.3 is 6.18 Å². The first-order chi connectivity index (χ1) is 12.0. The van der Waals surface area contributed by atoms with E-state index in [1.54, 1.807) is 6.07 Å². The van der Waals surface area contributed by atoms with Gasteiger partial charge in [-0.25, -0.2) is 0 Å². The van der Waals surface area contributed by atoms with Crippen LogP contribution >= 0.6 is 0 Å². The van der Waals surface area contributed by atoms with Crippen molar-refractivity contribution in [2.45, 2.75) is 57.7 Å². The molecule has 4 nitrogen and oxygen atoms in total. The number of halogens is 3. The van der Waals surface area contributed by atoms with Gasteiger partial charge in [-0.15, -0.1) is 0 Å². The predicted octanol–water partition coefficient (Wildman–Crippen LogP) is 4.73. The molecule has 2 aromatic rings. The number of alkyl halides is 3. The topological polar surface area (TPSA) is 55.5 Å². The maximum absolute atomic E-state index is 13.1. The second kappa shape index (κ2) is 7.23. The molecule has 1 aromatic heterocycles. The Bertz CT molecular complexity index is 726. The minimum absolute atomic E-state index is 0.0364.